The van der Waals surface area contributed by atoms with Gasteiger partial charge in [-0.25, -0.2) is 24.0 Å². The van der Waals surface area contributed by atoms with E-state index in [2.05, 4.69) is 25.6 Å². The Kier molecular flexibility index (Phi) is 8.31. The Labute approximate surface area is 251 Å². The minimum atomic E-state index is -4.59. The highest BCUT2D eigenvalue weighted by Crippen LogP contribution is 2.30. The summed E-state index contributed by atoms with van der Waals surface area (Å²) in [5.41, 5.74) is 4.33. The minimum Gasteiger partial charge on any atom is -0.494 e. The molecule has 232 valence electrons. The molecule has 1 aliphatic rings. The first-order valence-electron chi connectivity index (χ1n) is 13.1. The molecule has 11 nitrogen and oxygen atoms in total. The number of methoxy groups -OCH3 is 1. The fraction of sp³-hybridized carbons (Fsp3) is 0.296. The van der Waals surface area contributed by atoms with Gasteiger partial charge >= 0.3 is 6.18 Å². The second-order valence-electron chi connectivity index (χ2n) is 9.85. The summed E-state index contributed by atoms with van der Waals surface area (Å²) < 4.78 is 76.2. The standard InChI is InChI=1S/C27H25ClF5N9O2/c1-12(39-24-19(23(35)37-11-38-24)22(34)13-6-7-16(44-2)21(30)20(13)29)25-40-15-5-3-4-14(28)18(15)26(43)42(25)41-9-8-36-17(10-41)27(31,32)33/h3-7,11-12,17,34,36H,8-10H2,1-2H3,(H3,35,37,38,39). The number of halogens is 6. The third kappa shape index (κ3) is 5.57. The molecule has 17 heteroatoms. The van der Waals surface area contributed by atoms with E-state index in [9.17, 15) is 26.7 Å². The van der Waals surface area contributed by atoms with E-state index in [0.29, 0.717) is 0 Å². The first-order chi connectivity index (χ1) is 20.8. The van der Waals surface area contributed by atoms with Crippen LogP contribution in [0.3, 0.4) is 0 Å². The van der Waals surface area contributed by atoms with E-state index in [0.717, 1.165) is 30.2 Å². The Hall–Kier alpha value is -4.57. The molecule has 0 saturated carbocycles. The van der Waals surface area contributed by atoms with Gasteiger partial charge < -0.3 is 26.1 Å². The van der Waals surface area contributed by atoms with Crippen LogP contribution in [-0.4, -0.2) is 64.3 Å². The van der Waals surface area contributed by atoms with Crippen molar-refractivity contribution in [2.24, 2.45) is 0 Å². The van der Waals surface area contributed by atoms with Gasteiger partial charge in [0, 0.05) is 18.7 Å². The molecule has 5 N–H and O–H groups in total. The Bertz CT molecular complexity index is 1820. The fourth-order valence-electron chi connectivity index (χ4n) is 4.93. The minimum absolute atomic E-state index is 0.0103. The highest BCUT2D eigenvalue weighted by Gasteiger charge is 2.43. The Balaban J connectivity index is 1.60. The summed E-state index contributed by atoms with van der Waals surface area (Å²) in [5.74, 6) is -3.42. The number of benzene rings is 2. The fourth-order valence-corrected chi connectivity index (χ4v) is 5.18. The third-order valence-electron chi connectivity index (χ3n) is 7.09. The number of nitrogens with two attached hydrogens (primary N) is 1. The Morgan fingerprint density at radius 3 is 2.68 bits per heavy atom. The molecule has 2 unspecified atom stereocenters. The lowest BCUT2D eigenvalue weighted by Gasteiger charge is -2.38. The summed E-state index contributed by atoms with van der Waals surface area (Å²) in [7, 11) is 1.16. The third-order valence-corrected chi connectivity index (χ3v) is 7.40. The highest BCUT2D eigenvalue weighted by atomic mass is 35.5. The molecule has 1 saturated heterocycles. The van der Waals surface area contributed by atoms with Gasteiger partial charge in [-0.3, -0.25) is 10.2 Å². The van der Waals surface area contributed by atoms with Crippen molar-refractivity contribution in [3.63, 3.8) is 0 Å². The predicted octanol–water partition coefficient (Wildman–Crippen LogP) is 3.77. The monoisotopic (exact) mass is 637 g/mol. The maximum absolute atomic E-state index is 14.9. The van der Waals surface area contributed by atoms with Gasteiger partial charge in [0.1, 0.15) is 24.0 Å². The van der Waals surface area contributed by atoms with E-state index in [1.807, 2.05) is 0 Å². The quantitative estimate of drug-likeness (QED) is 0.176. The van der Waals surface area contributed by atoms with Crippen molar-refractivity contribution in [3.05, 3.63) is 80.6 Å². The van der Waals surface area contributed by atoms with Gasteiger partial charge in [-0.2, -0.15) is 17.6 Å². The van der Waals surface area contributed by atoms with Crippen molar-refractivity contribution in [3.8, 4) is 5.75 Å². The summed E-state index contributed by atoms with van der Waals surface area (Å²) in [4.78, 5) is 26.4. The molecule has 44 heavy (non-hydrogen) atoms. The van der Waals surface area contributed by atoms with E-state index in [1.54, 1.807) is 13.0 Å². The molecular formula is C27H25ClF5N9O2. The van der Waals surface area contributed by atoms with Crippen LogP contribution in [0.15, 0.2) is 41.5 Å². The zero-order chi connectivity index (χ0) is 31.9. The number of aromatic nitrogens is 4. The number of anilines is 2. The number of hydrogen-bond acceptors (Lipinski definition) is 10. The van der Waals surface area contributed by atoms with Crippen LogP contribution in [0.25, 0.3) is 10.9 Å². The molecule has 1 aliphatic heterocycles. The molecule has 2 aromatic heterocycles. The van der Waals surface area contributed by atoms with Gasteiger partial charge in [-0.1, -0.05) is 17.7 Å². The number of fused-ring (bicyclic) bond motifs is 1. The molecule has 1 fully saturated rings. The second kappa shape index (κ2) is 11.8. The summed E-state index contributed by atoms with van der Waals surface area (Å²) in [6.45, 7) is 0.908. The van der Waals surface area contributed by atoms with Gasteiger partial charge in [0.05, 0.1) is 46.9 Å². The normalized spacial score (nSPS) is 16.2. The zero-order valence-corrected chi connectivity index (χ0v) is 23.9. The maximum Gasteiger partial charge on any atom is 0.405 e. The summed E-state index contributed by atoms with van der Waals surface area (Å²) in [6.07, 6.45) is -3.52. The van der Waals surface area contributed by atoms with Crippen LogP contribution in [0.4, 0.5) is 33.6 Å². The molecule has 0 amide bonds. The van der Waals surface area contributed by atoms with Crippen molar-refractivity contribution < 1.29 is 26.7 Å². The first kappa shape index (κ1) is 30.9. The van der Waals surface area contributed by atoms with Crippen LogP contribution >= 0.6 is 11.6 Å². The van der Waals surface area contributed by atoms with E-state index >= 15 is 0 Å². The Morgan fingerprint density at radius 1 is 1.23 bits per heavy atom. The molecule has 5 rings (SSSR count). The van der Waals surface area contributed by atoms with E-state index in [1.165, 1.54) is 17.1 Å². The number of piperazine rings is 1. The average molecular weight is 638 g/mol. The molecule has 0 spiro atoms. The molecule has 0 radical (unpaired) electrons. The number of rotatable bonds is 7. The molecule has 2 atom stereocenters. The average Bonchev–Trinajstić information content (AvgIpc) is 2.97. The lowest BCUT2D eigenvalue weighted by atomic mass is 10.0. The van der Waals surface area contributed by atoms with Gasteiger partial charge in [-0.05, 0) is 31.2 Å². The second-order valence-corrected chi connectivity index (χ2v) is 10.3. The smallest absolute Gasteiger partial charge is 0.405 e. The van der Waals surface area contributed by atoms with E-state index in [4.69, 9.17) is 27.5 Å². The van der Waals surface area contributed by atoms with Crippen molar-refractivity contribution in [1.82, 2.24) is 24.9 Å². The number of nitrogen functional groups attached to an aromatic ring is 1. The van der Waals surface area contributed by atoms with Crippen molar-refractivity contribution in [2.75, 3.05) is 42.8 Å². The van der Waals surface area contributed by atoms with Crippen molar-refractivity contribution >= 4 is 39.9 Å². The van der Waals surface area contributed by atoms with Crippen LogP contribution in [0, 0.1) is 17.0 Å². The Morgan fingerprint density at radius 2 is 1.98 bits per heavy atom. The number of nitrogens with one attached hydrogen (secondary N) is 3. The molecular weight excluding hydrogens is 613 g/mol. The molecule has 2 aromatic carbocycles. The maximum atomic E-state index is 14.9. The van der Waals surface area contributed by atoms with Crippen LogP contribution in [0.5, 0.6) is 5.75 Å². The molecule has 0 aliphatic carbocycles. The number of hydrogen-bond donors (Lipinski definition) is 4. The van der Waals surface area contributed by atoms with Gasteiger partial charge in [0.15, 0.2) is 17.4 Å². The van der Waals surface area contributed by atoms with Crippen LogP contribution in [0.1, 0.15) is 29.9 Å². The highest BCUT2D eigenvalue weighted by molar-refractivity contribution is 6.35. The van der Waals surface area contributed by atoms with Gasteiger partial charge in [0.25, 0.3) is 5.56 Å². The summed E-state index contributed by atoms with van der Waals surface area (Å²) >= 11 is 6.31. The molecule has 4 aromatic rings. The molecule has 0 bridgehead atoms. The predicted molar refractivity (Wildman–Crippen MR) is 154 cm³/mol. The number of nitrogens with zero attached hydrogens (tertiary/aromatic N) is 5. The van der Waals surface area contributed by atoms with Crippen LogP contribution < -0.4 is 31.7 Å². The van der Waals surface area contributed by atoms with Crippen molar-refractivity contribution in [1.29, 1.82) is 5.41 Å². The van der Waals surface area contributed by atoms with Crippen LogP contribution in [-0.2, 0) is 0 Å². The molecule has 3 heterocycles. The SMILES string of the molecule is COc1ccc(C(=N)c2c(N)ncnc2NC(C)c2nc3cccc(Cl)c3c(=O)n2N2CCNC(C(F)(F)F)C2)c(F)c1F. The largest absolute Gasteiger partial charge is 0.494 e. The lowest BCUT2D eigenvalue weighted by Crippen LogP contribution is -2.62. The van der Waals surface area contributed by atoms with E-state index < -0.39 is 53.3 Å². The van der Waals surface area contributed by atoms with Crippen molar-refractivity contribution in [2.45, 2.75) is 25.2 Å². The van der Waals surface area contributed by atoms with Gasteiger partial charge in [0.2, 0.25) is 5.82 Å². The lowest BCUT2D eigenvalue weighted by molar-refractivity contribution is -0.156. The van der Waals surface area contributed by atoms with E-state index in [-0.39, 0.29) is 57.8 Å². The number of alkyl halides is 3. The summed E-state index contributed by atoms with van der Waals surface area (Å²) in [6, 6.07) is 3.96. The van der Waals surface area contributed by atoms with Gasteiger partial charge in [-0.15, -0.1) is 0 Å². The zero-order valence-electron chi connectivity index (χ0n) is 23.1. The first-order valence-corrected chi connectivity index (χ1v) is 13.5. The summed E-state index contributed by atoms with van der Waals surface area (Å²) in [5, 5.41) is 15.3. The van der Waals surface area contributed by atoms with Crippen LogP contribution in [0.2, 0.25) is 5.02 Å². The number of ether oxygens (including phenoxy) is 1. The topological polar surface area (TPSA) is 147 Å².